The van der Waals surface area contributed by atoms with E-state index in [0.29, 0.717) is 5.56 Å². The van der Waals surface area contributed by atoms with Crippen LogP contribution in [0.4, 0.5) is 4.39 Å². The number of ketones is 1. The molecule has 1 aromatic carbocycles. The Morgan fingerprint density at radius 2 is 2.36 bits per heavy atom. The monoisotopic (exact) mass is 257 g/mol. The second kappa shape index (κ2) is 3.49. The first-order valence-electron chi connectivity index (χ1n) is 3.86. The van der Waals surface area contributed by atoms with Crippen molar-refractivity contribution in [2.24, 2.45) is 0 Å². The van der Waals surface area contributed by atoms with Crippen molar-refractivity contribution in [3.8, 4) is 0 Å². The third-order valence-electron chi connectivity index (χ3n) is 1.81. The van der Waals surface area contributed by atoms with Crippen LogP contribution in [-0.2, 0) is 0 Å². The average Bonchev–Trinajstić information content (AvgIpc) is 2.56. The van der Waals surface area contributed by atoms with E-state index in [1.165, 1.54) is 0 Å². The molecule has 0 aliphatic carbocycles. The first-order chi connectivity index (χ1) is 6.72. The van der Waals surface area contributed by atoms with Crippen LogP contribution in [0, 0.1) is 6.14 Å². The molecule has 0 N–H and O–H groups in total. The summed E-state index contributed by atoms with van der Waals surface area (Å²) in [6, 6.07) is 4.78. The summed E-state index contributed by atoms with van der Waals surface area (Å²) in [5, 5.41) is 0.181. The lowest BCUT2D eigenvalue weighted by Gasteiger charge is -1.95. The van der Waals surface area contributed by atoms with Crippen LogP contribution in [0.15, 0.2) is 22.6 Å². The number of para-hydroxylation sites is 1. The summed E-state index contributed by atoms with van der Waals surface area (Å²) in [5.41, 5.74) is 0.927. The van der Waals surface area contributed by atoms with Crippen molar-refractivity contribution in [3.63, 3.8) is 0 Å². The van der Waals surface area contributed by atoms with E-state index in [1.807, 2.05) is 0 Å². The van der Waals surface area contributed by atoms with Gasteiger partial charge < -0.3 is 4.42 Å². The molecule has 2 aromatic rings. The maximum Gasteiger partial charge on any atom is 0.382 e. The number of fused-ring (bicyclic) bond motifs is 1. The lowest BCUT2D eigenvalue weighted by Crippen LogP contribution is -2.00. The molecule has 0 radical (unpaired) electrons. The van der Waals surface area contributed by atoms with Crippen molar-refractivity contribution in [2.75, 3.05) is 5.33 Å². The van der Waals surface area contributed by atoms with Crippen LogP contribution in [0.2, 0.25) is 0 Å². The first-order valence-corrected chi connectivity index (χ1v) is 4.98. The van der Waals surface area contributed by atoms with Crippen LogP contribution in [-0.4, -0.2) is 16.1 Å². The van der Waals surface area contributed by atoms with Gasteiger partial charge in [0, 0.05) is 5.56 Å². The Kier molecular flexibility index (Phi) is 2.33. The summed E-state index contributed by atoms with van der Waals surface area (Å²) < 4.78 is 17.3. The molecule has 0 fully saturated rings. The first kappa shape index (κ1) is 9.33. The number of hydrogen-bond acceptors (Lipinski definition) is 3. The van der Waals surface area contributed by atoms with E-state index in [2.05, 4.69) is 25.3 Å². The number of alkyl halides is 1. The predicted molar refractivity (Wildman–Crippen MR) is 52.1 cm³/mol. The predicted octanol–water partition coefficient (Wildman–Crippen LogP) is 2.54. The largest absolute Gasteiger partial charge is 0.415 e. The molecule has 0 atom stereocenters. The zero-order valence-electron chi connectivity index (χ0n) is 6.96. The zero-order valence-corrected chi connectivity index (χ0v) is 8.54. The van der Waals surface area contributed by atoms with Gasteiger partial charge in [-0.1, -0.05) is 22.0 Å². The van der Waals surface area contributed by atoms with Gasteiger partial charge in [-0.25, -0.2) is 0 Å². The minimum Gasteiger partial charge on any atom is -0.415 e. The fourth-order valence-electron chi connectivity index (χ4n) is 1.22. The molecule has 0 saturated carbocycles. The molecule has 5 heteroatoms. The quantitative estimate of drug-likeness (QED) is 0.614. The van der Waals surface area contributed by atoms with Gasteiger partial charge in [0.1, 0.15) is 5.52 Å². The molecular formula is C9H5BrFNO2. The number of rotatable bonds is 2. The Morgan fingerprint density at radius 1 is 1.57 bits per heavy atom. The number of nitrogens with zero attached hydrogens (tertiary/aromatic N) is 1. The van der Waals surface area contributed by atoms with Crippen LogP contribution in [0.5, 0.6) is 0 Å². The van der Waals surface area contributed by atoms with E-state index >= 15 is 0 Å². The Bertz CT molecular complexity index is 495. The Hall–Kier alpha value is -1.23. The highest BCUT2D eigenvalue weighted by molar-refractivity contribution is 9.09. The summed E-state index contributed by atoms with van der Waals surface area (Å²) in [6.45, 7) is 0. The highest BCUT2D eigenvalue weighted by atomic mass is 79.9. The number of aromatic nitrogens is 1. The Labute approximate surface area is 87.1 Å². The van der Waals surface area contributed by atoms with Crippen LogP contribution in [0.1, 0.15) is 10.4 Å². The van der Waals surface area contributed by atoms with Gasteiger partial charge in [0.25, 0.3) is 0 Å². The van der Waals surface area contributed by atoms with E-state index in [1.54, 1.807) is 18.2 Å². The van der Waals surface area contributed by atoms with Gasteiger partial charge in [-0.05, 0) is 12.1 Å². The second-order valence-electron chi connectivity index (χ2n) is 2.68. The summed E-state index contributed by atoms with van der Waals surface area (Å²) in [4.78, 5) is 14.9. The molecule has 0 unspecified atom stereocenters. The lowest BCUT2D eigenvalue weighted by molar-refractivity contribution is 0.102. The number of carbonyl (C=O) groups excluding carboxylic acids is 1. The molecule has 3 nitrogen and oxygen atoms in total. The molecule has 72 valence electrons. The van der Waals surface area contributed by atoms with E-state index in [0.717, 1.165) is 0 Å². The molecule has 1 heterocycles. The van der Waals surface area contributed by atoms with Crippen LogP contribution in [0.3, 0.4) is 0 Å². The fourth-order valence-corrected chi connectivity index (χ4v) is 1.52. The Morgan fingerprint density at radius 3 is 3.07 bits per heavy atom. The van der Waals surface area contributed by atoms with Gasteiger partial charge >= 0.3 is 6.14 Å². The van der Waals surface area contributed by atoms with Gasteiger partial charge in [0.2, 0.25) is 0 Å². The third-order valence-corrected chi connectivity index (χ3v) is 2.32. The van der Waals surface area contributed by atoms with Crippen LogP contribution >= 0.6 is 15.9 Å². The number of halogens is 2. The third kappa shape index (κ3) is 1.43. The molecule has 14 heavy (non-hydrogen) atoms. The molecule has 0 aliphatic rings. The molecule has 0 spiro atoms. The van der Waals surface area contributed by atoms with Crippen molar-refractivity contribution in [1.82, 2.24) is 4.98 Å². The minimum atomic E-state index is -0.921. The molecule has 0 saturated heterocycles. The summed E-state index contributed by atoms with van der Waals surface area (Å²) in [6.07, 6.45) is -0.921. The summed E-state index contributed by atoms with van der Waals surface area (Å²) in [7, 11) is 0. The fraction of sp³-hybridized carbons (Fsp3) is 0.111. The van der Waals surface area contributed by atoms with E-state index in [4.69, 9.17) is 0 Å². The minimum absolute atomic E-state index is 0.149. The highest BCUT2D eigenvalue weighted by Crippen LogP contribution is 2.19. The lowest BCUT2D eigenvalue weighted by atomic mass is 10.1. The number of carbonyl (C=O) groups is 1. The van der Waals surface area contributed by atoms with Crippen molar-refractivity contribution in [1.29, 1.82) is 0 Å². The maximum absolute atomic E-state index is 12.7. The number of Topliss-reactive ketones (excluding diaryl/α,β-unsaturated/α-hetero) is 1. The number of hydrogen-bond donors (Lipinski definition) is 0. The normalized spacial score (nSPS) is 10.7. The van der Waals surface area contributed by atoms with Crippen LogP contribution in [0.25, 0.3) is 11.1 Å². The maximum atomic E-state index is 12.7. The SMILES string of the molecule is O=C(CBr)c1cccc2oc(F)nc12. The molecule has 2 rings (SSSR count). The van der Waals surface area contributed by atoms with Gasteiger partial charge in [0.05, 0.1) is 5.33 Å². The van der Waals surface area contributed by atoms with Gasteiger partial charge in [-0.15, -0.1) is 4.39 Å². The van der Waals surface area contributed by atoms with Crippen molar-refractivity contribution in [2.45, 2.75) is 0 Å². The smallest absolute Gasteiger partial charge is 0.382 e. The zero-order chi connectivity index (χ0) is 10.1. The molecule has 0 aliphatic heterocycles. The van der Waals surface area contributed by atoms with E-state index < -0.39 is 6.14 Å². The highest BCUT2D eigenvalue weighted by Gasteiger charge is 2.13. The number of benzene rings is 1. The average molecular weight is 258 g/mol. The van der Waals surface area contributed by atoms with E-state index in [9.17, 15) is 9.18 Å². The van der Waals surface area contributed by atoms with Crippen molar-refractivity contribution < 1.29 is 13.6 Å². The van der Waals surface area contributed by atoms with Gasteiger partial charge in [-0.3, -0.25) is 4.79 Å². The van der Waals surface area contributed by atoms with Crippen molar-refractivity contribution >= 4 is 32.8 Å². The summed E-state index contributed by atoms with van der Waals surface area (Å²) in [5.74, 6) is -0.149. The number of oxazole rings is 1. The molecular weight excluding hydrogens is 253 g/mol. The standard InChI is InChI=1S/C9H5BrFNO2/c10-4-6(13)5-2-1-3-7-8(5)12-9(11)14-7/h1-3H,4H2. The topological polar surface area (TPSA) is 43.1 Å². The molecule has 0 amide bonds. The van der Waals surface area contributed by atoms with Crippen molar-refractivity contribution in [3.05, 3.63) is 29.9 Å². The van der Waals surface area contributed by atoms with Gasteiger partial charge in [0.15, 0.2) is 11.4 Å². The van der Waals surface area contributed by atoms with Crippen LogP contribution < -0.4 is 0 Å². The molecule has 0 bridgehead atoms. The van der Waals surface area contributed by atoms with E-state index in [-0.39, 0.29) is 22.2 Å². The summed E-state index contributed by atoms with van der Waals surface area (Å²) >= 11 is 3.04. The second-order valence-corrected chi connectivity index (χ2v) is 3.24. The van der Waals surface area contributed by atoms with Gasteiger partial charge in [-0.2, -0.15) is 4.98 Å². The Balaban J connectivity index is 2.70. The molecule has 1 aromatic heterocycles.